The molecule has 0 atom stereocenters. The van der Waals surface area contributed by atoms with E-state index in [-0.39, 0.29) is 11.3 Å². The standard InChI is InChI=1S/C20H29N3O2/c1-7-23(14(2)3)13-15-8-10-16(11-9-15)19(24)21-18-12-17(25-22-18)20(4,5)6/h8-12,14H,7,13H2,1-6H3,(H,21,22,24). The van der Waals surface area contributed by atoms with Gasteiger partial charge in [0.2, 0.25) is 0 Å². The molecule has 0 aliphatic heterocycles. The average Bonchev–Trinajstić information content (AvgIpc) is 3.01. The summed E-state index contributed by atoms with van der Waals surface area (Å²) in [6.07, 6.45) is 0. The Balaban J connectivity index is 2.02. The van der Waals surface area contributed by atoms with Crippen LogP contribution < -0.4 is 5.32 Å². The Bertz CT molecular complexity index is 696. The highest BCUT2D eigenvalue weighted by atomic mass is 16.5. The lowest BCUT2D eigenvalue weighted by atomic mass is 9.93. The molecule has 0 saturated carbocycles. The van der Waals surface area contributed by atoms with E-state index in [2.05, 4.69) is 36.1 Å². The molecule has 0 unspecified atom stereocenters. The number of nitrogens with zero attached hydrogens (tertiary/aromatic N) is 2. The van der Waals surface area contributed by atoms with Crippen molar-refractivity contribution >= 4 is 11.7 Å². The summed E-state index contributed by atoms with van der Waals surface area (Å²) in [7, 11) is 0. The number of amides is 1. The van der Waals surface area contributed by atoms with E-state index < -0.39 is 0 Å². The molecule has 0 aliphatic carbocycles. The van der Waals surface area contributed by atoms with E-state index in [1.165, 1.54) is 5.56 Å². The lowest BCUT2D eigenvalue weighted by Gasteiger charge is -2.24. The molecule has 1 amide bonds. The van der Waals surface area contributed by atoms with Crippen molar-refractivity contribution < 1.29 is 9.32 Å². The van der Waals surface area contributed by atoms with Crippen molar-refractivity contribution in [2.45, 2.75) is 59.5 Å². The molecule has 1 aromatic heterocycles. The molecule has 0 saturated heterocycles. The Labute approximate surface area is 150 Å². The van der Waals surface area contributed by atoms with E-state index in [0.29, 0.717) is 17.4 Å². The zero-order chi connectivity index (χ0) is 18.6. The normalized spacial score (nSPS) is 12.0. The fraction of sp³-hybridized carbons (Fsp3) is 0.500. The smallest absolute Gasteiger partial charge is 0.256 e. The Morgan fingerprint density at radius 1 is 1.24 bits per heavy atom. The fourth-order valence-corrected chi connectivity index (χ4v) is 2.53. The first kappa shape index (κ1) is 19.2. The van der Waals surface area contributed by atoms with Crippen LogP contribution in [0.4, 0.5) is 5.82 Å². The van der Waals surface area contributed by atoms with Crippen molar-refractivity contribution in [1.82, 2.24) is 10.1 Å². The quantitative estimate of drug-likeness (QED) is 0.841. The van der Waals surface area contributed by atoms with Crippen molar-refractivity contribution in [3.05, 3.63) is 47.2 Å². The maximum Gasteiger partial charge on any atom is 0.256 e. The van der Waals surface area contributed by atoms with Crippen molar-refractivity contribution in [1.29, 1.82) is 0 Å². The maximum absolute atomic E-state index is 12.4. The summed E-state index contributed by atoms with van der Waals surface area (Å²) in [5.41, 5.74) is 1.67. The number of carbonyl (C=O) groups excluding carboxylic acids is 1. The van der Waals surface area contributed by atoms with Gasteiger partial charge in [-0.05, 0) is 38.1 Å². The number of benzene rings is 1. The van der Waals surface area contributed by atoms with E-state index in [1.54, 1.807) is 6.07 Å². The van der Waals surface area contributed by atoms with Crippen LogP contribution in [0.1, 0.15) is 63.2 Å². The summed E-state index contributed by atoms with van der Waals surface area (Å²) in [5, 5.41) is 6.71. The second kappa shape index (κ2) is 7.83. The van der Waals surface area contributed by atoms with Gasteiger partial charge in [-0.3, -0.25) is 9.69 Å². The van der Waals surface area contributed by atoms with Gasteiger partial charge in [0.05, 0.1) is 0 Å². The van der Waals surface area contributed by atoms with E-state index in [4.69, 9.17) is 4.52 Å². The highest BCUT2D eigenvalue weighted by molar-refractivity contribution is 6.03. The largest absolute Gasteiger partial charge is 0.359 e. The monoisotopic (exact) mass is 343 g/mol. The Morgan fingerprint density at radius 2 is 1.88 bits per heavy atom. The zero-order valence-electron chi connectivity index (χ0n) is 16.1. The van der Waals surface area contributed by atoms with Gasteiger partial charge < -0.3 is 9.84 Å². The van der Waals surface area contributed by atoms with E-state index >= 15 is 0 Å². The molecule has 1 heterocycles. The molecule has 25 heavy (non-hydrogen) atoms. The van der Waals surface area contributed by atoms with Gasteiger partial charge in [-0.25, -0.2) is 0 Å². The number of aromatic nitrogens is 1. The molecule has 1 N–H and O–H groups in total. The maximum atomic E-state index is 12.4. The number of rotatable bonds is 6. The van der Waals surface area contributed by atoms with Crippen LogP contribution in [-0.2, 0) is 12.0 Å². The Hall–Kier alpha value is -2.14. The van der Waals surface area contributed by atoms with E-state index in [0.717, 1.165) is 18.8 Å². The summed E-state index contributed by atoms with van der Waals surface area (Å²) < 4.78 is 5.29. The summed E-state index contributed by atoms with van der Waals surface area (Å²) in [5.74, 6) is 0.999. The van der Waals surface area contributed by atoms with Crippen molar-refractivity contribution in [3.63, 3.8) is 0 Å². The molecule has 1 aromatic carbocycles. The van der Waals surface area contributed by atoms with Gasteiger partial charge >= 0.3 is 0 Å². The van der Waals surface area contributed by atoms with Gasteiger partial charge in [0.15, 0.2) is 5.82 Å². The first-order chi connectivity index (χ1) is 11.7. The minimum atomic E-state index is -0.184. The molecule has 0 bridgehead atoms. The molecule has 0 aliphatic rings. The third-order valence-corrected chi connectivity index (χ3v) is 4.23. The summed E-state index contributed by atoms with van der Waals surface area (Å²) >= 11 is 0. The summed E-state index contributed by atoms with van der Waals surface area (Å²) in [4.78, 5) is 14.7. The van der Waals surface area contributed by atoms with Gasteiger partial charge in [-0.2, -0.15) is 0 Å². The molecule has 2 aromatic rings. The van der Waals surface area contributed by atoms with Crippen molar-refractivity contribution in [3.8, 4) is 0 Å². The van der Waals surface area contributed by atoms with Crippen LogP contribution in [0.2, 0.25) is 0 Å². The summed E-state index contributed by atoms with van der Waals surface area (Å²) in [6, 6.07) is 9.98. The summed E-state index contributed by atoms with van der Waals surface area (Å²) in [6.45, 7) is 14.5. The Morgan fingerprint density at radius 3 is 2.36 bits per heavy atom. The predicted molar refractivity (Wildman–Crippen MR) is 101 cm³/mol. The molecule has 0 radical (unpaired) electrons. The molecule has 2 rings (SSSR count). The van der Waals surface area contributed by atoms with Crippen LogP contribution in [0.25, 0.3) is 0 Å². The minimum absolute atomic E-state index is 0.140. The Kier molecular flexibility index (Phi) is 6.01. The molecular formula is C20H29N3O2. The van der Waals surface area contributed by atoms with Crippen molar-refractivity contribution in [2.24, 2.45) is 0 Å². The zero-order valence-corrected chi connectivity index (χ0v) is 16.1. The number of hydrogen-bond donors (Lipinski definition) is 1. The molecule has 5 heteroatoms. The SMILES string of the molecule is CCN(Cc1ccc(C(=O)Nc2cc(C(C)(C)C)on2)cc1)C(C)C. The highest BCUT2D eigenvalue weighted by Gasteiger charge is 2.20. The van der Waals surface area contributed by atoms with Crippen LogP contribution in [-0.4, -0.2) is 28.6 Å². The molecular weight excluding hydrogens is 314 g/mol. The van der Waals surface area contributed by atoms with Gasteiger partial charge in [-0.15, -0.1) is 0 Å². The molecule has 0 spiro atoms. The van der Waals surface area contributed by atoms with Gasteiger partial charge in [0.25, 0.3) is 5.91 Å². The van der Waals surface area contributed by atoms with Crippen LogP contribution in [0.3, 0.4) is 0 Å². The van der Waals surface area contributed by atoms with Gasteiger partial charge in [0, 0.05) is 29.6 Å². The second-order valence-electron chi connectivity index (χ2n) is 7.63. The lowest BCUT2D eigenvalue weighted by Crippen LogP contribution is -2.29. The molecule has 5 nitrogen and oxygen atoms in total. The van der Waals surface area contributed by atoms with Gasteiger partial charge in [0.1, 0.15) is 5.76 Å². The fourth-order valence-electron chi connectivity index (χ4n) is 2.53. The van der Waals surface area contributed by atoms with E-state index in [9.17, 15) is 4.79 Å². The number of hydrogen-bond acceptors (Lipinski definition) is 4. The number of anilines is 1. The first-order valence-electron chi connectivity index (χ1n) is 8.82. The minimum Gasteiger partial charge on any atom is -0.359 e. The highest BCUT2D eigenvalue weighted by Crippen LogP contribution is 2.24. The number of nitrogens with one attached hydrogen (secondary N) is 1. The van der Waals surface area contributed by atoms with Crippen LogP contribution in [0.5, 0.6) is 0 Å². The average molecular weight is 343 g/mol. The van der Waals surface area contributed by atoms with E-state index in [1.807, 2.05) is 45.0 Å². The predicted octanol–water partition coefficient (Wildman–Crippen LogP) is 4.45. The lowest BCUT2D eigenvalue weighted by molar-refractivity contribution is 0.102. The second-order valence-corrected chi connectivity index (χ2v) is 7.63. The van der Waals surface area contributed by atoms with Crippen LogP contribution in [0, 0.1) is 0 Å². The van der Waals surface area contributed by atoms with Crippen molar-refractivity contribution in [2.75, 3.05) is 11.9 Å². The molecule has 136 valence electrons. The topological polar surface area (TPSA) is 58.4 Å². The number of carbonyl (C=O) groups is 1. The van der Waals surface area contributed by atoms with Gasteiger partial charge in [-0.1, -0.05) is 45.0 Å². The first-order valence-corrected chi connectivity index (χ1v) is 8.82. The molecule has 0 fully saturated rings. The third kappa shape index (κ3) is 5.16. The third-order valence-electron chi connectivity index (χ3n) is 4.23. The van der Waals surface area contributed by atoms with Crippen LogP contribution in [0.15, 0.2) is 34.9 Å². The van der Waals surface area contributed by atoms with Crippen LogP contribution >= 0.6 is 0 Å².